The second-order valence-electron chi connectivity index (χ2n) is 5.55. The molecule has 0 spiro atoms. The molecule has 6 nitrogen and oxygen atoms in total. The van der Waals surface area contributed by atoms with E-state index in [1.165, 1.54) is 18.5 Å². The molecule has 0 amide bonds. The lowest BCUT2D eigenvalue weighted by molar-refractivity contribution is 0.552. The molecule has 1 aliphatic rings. The van der Waals surface area contributed by atoms with Crippen molar-refractivity contribution < 1.29 is 12.3 Å². The van der Waals surface area contributed by atoms with Gasteiger partial charge in [-0.1, -0.05) is 42.5 Å². The molecule has 0 radical (unpaired) electrons. The number of rotatable bonds is 3. The Morgan fingerprint density at radius 1 is 1.04 bits per heavy atom. The number of benzene rings is 2. The maximum absolute atomic E-state index is 13.1. The Morgan fingerprint density at radius 3 is 2.44 bits per heavy atom. The van der Waals surface area contributed by atoms with Crippen LogP contribution in [0.5, 0.6) is 0 Å². The van der Waals surface area contributed by atoms with Crippen molar-refractivity contribution in [1.29, 1.82) is 0 Å². The van der Waals surface area contributed by atoms with Crippen molar-refractivity contribution in [2.45, 2.75) is 10.9 Å². The first-order chi connectivity index (χ1) is 12.0. The number of anilines is 1. The molecule has 1 N–H and O–H groups in total. The van der Waals surface area contributed by atoms with E-state index < -0.39 is 10.2 Å². The van der Waals surface area contributed by atoms with Gasteiger partial charge in [0.1, 0.15) is 12.4 Å². The van der Waals surface area contributed by atoms with Crippen molar-refractivity contribution in [2.24, 2.45) is 0 Å². The van der Waals surface area contributed by atoms with Crippen LogP contribution in [0.15, 0.2) is 71.9 Å². The first-order valence-electron chi connectivity index (χ1n) is 7.51. The number of halogens is 1. The van der Waals surface area contributed by atoms with Gasteiger partial charge >= 0.3 is 10.2 Å². The molecule has 4 rings (SSSR count). The van der Waals surface area contributed by atoms with Gasteiger partial charge in [-0.05, 0) is 29.3 Å². The smallest absolute Gasteiger partial charge is 0.324 e. The second-order valence-corrected chi connectivity index (χ2v) is 6.90. The zero-order valence-electron chi connectivity index (χ0n) is 12.9. The molecule has 0 saturated carbocycles. The Morgan fingerprint density at radius 2 is 1.76 bits per heavy atom. The summed E-state index contributed by atoms with van der Waals surface area (Å²) in [7, 11) is -4.71. The quantitative estimate of drug-likeness (QED) is 0.730. The van der Waals surface area contributed by atoms with Crippen LogP contribution in [0.4, 0.5) is 9.83 Å². The Labute approximate surface area is 143 Å². The van der Waals surface area contributed by atoms with Gasteiger partial charge in [0.25, 0.3) is 0 Å². The standard InChI is InChI=1S/C17H13FN4O2S/c18-25(23,24)14-8-6-12(7-9-14)15-10-16(13-4-2-1-3-5-13)22-17(21-15)19-11-20-22/h1-11,16H,(H,19,20,21). The molecule has 1 aliphatic heterocycles. The second kappa shape index (κ2) is 5.82. The van der Waals surface area contributed by atoms with Gasteiger partial charge in [0, 0.05) is 5.70 Å². The van der Waals surface area contributed by atoms with Gasteiger partial charge in [0.05, 0.1) is 4.90 Å². The highest BCUT2D eigenvalue weighted by atomic mass is 32.3. The van der Waals surface area contributed by atoms with Crippen LogP contribution in [0.1, 0.15) is 17.2 Å². The number of nitrogens with one attached hydrogen (secondary N) is 1. The van der Waals surface area contributed by atoms with E-state index in [0.29, 0.717) is 5.95 Å². The van der Waals surface area contributed by atoms with E-state index in [9.17, 15) is 12.3 Å². The lowest BCUT2D eigenvalue weighted by Crippen LogP contribution is -2.20. The Hall–Kier alpha value is -3.00. The minimum atomic E-state index is -4.71. The molecule has 1 unspecified atom stereocenters. The van der Waals surface area contributed by atoms with Gasteiger partial charge < -0.3 is 5.32 Å². The largest absolute Gasteiger partial charge is 0.332 e. The SMILES string of the molecule is O=S(=O)(F)c1ccc(C2=CC(c3ccccc3)n3ncnc3N2)cc1. The van der Waals surface area contributed by atoms with Gasteiger partial charge in [0.2, 0.25) is 5.95 Å². The van der Waals surface area contributed by atoms with Gasteiger partial charge in [-0.15, -0.1) is 3.89 Å². The molecule has 1 aromatic heterocycles. The van der Waals surface area contributed by atoms with Crippen molar-refractivity contribution in [2.75, 3.05) is 5.32 Å². The van der Waals surface area contributed by atoms with E-state index in [1.54, 1.807) is 16.8 Å². The van der Waals surface area contributed by atoms with Crippen LogP contribution >= 0.6 is 0 Å². The van der Waals surface area contributed by atoms with Crippen molar-refractivity contribution >= 4 is 21.9 Å². The minimum Gasteiger partial charge on any atom is -0.324 e. The number of hydrogen-bond acceptors (Lipinski definition) is 5. The topological polar surface area (TPSA) is 76.9 Å². The molecule has 8 heteroatoms. The Balaban J connectivity index is 1.76. The lowest BCUT2D eigenvalue weighted by Gasteiger charge is -2.24. The molecule has 0 aliphatic carbocycles. The fraction of sp³-hybridized carbons (Fsp3) is 0.0588. The summed E-state index contributed by atoms with van der Waals surface area (Å²) >= 11 is 0. The fourth-order valence-electron chi connectivity index (χ4n) is 2.79. The van der Waals surface area contributed by atoms with Gasteiger partial charge in [-0.2, -0.15) is 18.5 Å². The van der Waals surface area contributed by atoms with Crippen LogP contribution in [0.25, 0.3) is 5.70 Å². The van der Waals surface area contributed by atoms with Gasteiger partial charge in [-0.25, -0.2) is 4.68 Å². The highest BCUT2D eigenvalue weighted by molar-refractivity contribution is 7.86. The number of hydrogen-bond donors (Lipinski definition) is 1. The fourth-order valence-corrected chi connectivity index (χ4v) is 3.25. The highest BCUT2D eigenvalue weighted by Crippen LogP contribution is 2.32. The average molecular weight is 356 g/mol. The van der Waals surface area contributed by atoms with E-state index in [4.69, 9.17) is 0 Å². The predicted molar refractivity (Wildman–Crippen MR) is 90.9 cm³/mol. The van der Waals surface area contributed by atoms with E-state index in [2.05, 4.69) is 15.4 Å². The van der Waals surface area contributed by atoms with Crippen molar-refractivity contribution in [3.05, 3.63) is 78.1 Å². The number of nitrogens with zero attached hydrogens (tertiary/aromatic N) is 3. The van der Waals surface area contributed by atoms with E-state index in [-0.39, 0.29) is 10.9 Å². The number of aromatic nitrogens is 3. The summed E-state index contributed by atoms with van der Waals surface area (Å²) in [4.78, 5) is 3.84. The lowest BCUT2D eigenvalue weighted by atomic mass is 10.0. The van der Waals surface area contributed by atoms with Crippen molar-refractivity contribution in [3.63, 3.8) is 0 Å². The third-order valence-electron chi connectivity index (χ3n) is 4.00. The zero-order chi connectivity index (χ0) is 17.4. The molecular weight excluding hydrogens is 343 g/mol. The summed E-state index contributed by atoms with van der Waals surface area (Å²) < 4.78 is 36.8. The molecule has 1 atom stereocenters. The summed E-state index contributed by atoms with van der Waals surface area (Å²) in [6.45, 7) is 0. The third kappa shape index (κ3) is 2.91. The van der Waals surface area contributed by atoms with Crippen LogP contribution in [0.2, 0.25) is 0 Å². The molecule has 2 heterocycles. The van der Waals surface area contributed by atoms with Crippen LogP contribution in [-0.4, -0.2) is 23.2 Å². The summed E-state index contributed by atoms with van der Waals surface area (Å²) in [6.07, 6.45) is 3.43. The van der Waals surface area contributed by atoms with E-state index in [0.717, 1.165) is 16.8 Å². The van der Waals surface area contributed by atoms with Crippen molar-refractivity contribution in [1.82, 2.24) is 14.8 Å². The van der Waals surface area contributed by atoms with Gasteiger partial charge in [0.15, 0.2) is 0 Å². The zero-order valence-corrected chi connectivity index (χ0v) is 13.7. The van der Waals surface area contributed by atoms with Crippen LogP contribution in [-0.2, 0) is 10.2 Å². The Kier molecular flexibility index (Phi) is 3.61. The summed E-state index contributed by atoms with van der Waals surface area (Å²) in [5, 5.41) is 7.42. The maximum atomic E-state index is 13.1. The monoisotopic (exact) mass is 356 g/mol. The third-order valence-corrected chi connectivity index (χ3v) is 4.83. The van der Waals surface area contributed by atoms with E-state index >= 15 is 0 Å². The molecule has 2 aromatic carbocycles. The normalized spacial score (nSPS) is 16.7. The van der Waals surface area contributed by atoms with Crippen LogP contribution < -0.4 is 5.32 Å². The number of fused-ring (bicyclic) bond motifs is 1. The summed E-state index contributed by atoms with van der Waals surface area (Å²) in [6, 6.07) is 15.3. The van der Waals surface area contributed by atoms with Gasteiger partial charge in [-0.3, -0.25) is 0 Å². The maximum Gasteiger partial charge on any atom is 0.332 e. The molecule has 25 heavy (non-hydrogen) atoms. The molecular formula is C17H13FN4O2S. The molecule has 0 fully saturated rings. The Bertz CT molecular complexity index is 1040. The molecule has 3 aromatic rings. The summed E-state index contributed by atoms with van der Waals surface area (Å²) in [5.74, 6) is 0.577. The molecule has 126 valence electrons. The average Bonchev–Trinajstić information content (AvgIpc) is 3.09. The van der Waals surface area contributed by atoms with Crippen LogP contribution in [0, 0.1) is 0 Å². The van der Waals surface area contributed by atoms with Crippen LogP contribution in [0.3, 0.4) is 0 Å². The summed E-state index contributed by atoms with van der Waals surface area (Å²) in [5.41, 5.74) is 2.51. The van der Waals surface area contributed by atoms with Crippen molar-refractivity contribution in [3.8, 4) is 0 Å². The molecule has 0 saturated heterocycles. The number of allylic oxidation sites excluding steroid dienone is 1. The minimum absolute atomic E-state index is 0.153. The molecule has 0 bridgehead atoms. The predicted octanol–water partition coefficient (Wildman–Crippen LogP) is 2.99. The highest BCUT2D eigenvalue weighted by Gasteiger charge is 2.23. The van der Waals surface area contributed by atoms with E-state index in [1.807, 2.05) is 36.4 Å². The first-order valence-corrected chi connectivity index (χ1v) is 8.89. The first kappa shape index (κ1) is 15.5.